The van der Waals surface area contributed by atoms with Crippen LogP contribution in [0.15, 0.2) is 0 Å². The van der Waals surface area contributed by atoms with Crippen LogP contribution in [0.4, 0.5) is 0 Å². The highest BCUT2D eigenvalue weighted by atomic mass is 16.4. The highest BCUT2D eigenvalue weighted by Crippen LogP contribution is 2.02. The van der Waals surface area contributed by atoms with Crippen LogP contribution in [-0.2, 0) is 14.4 Å². The van der Waals surface area contributed by atoms with Crippen LogP contribution in [0.2, 0.25) is 0 Å². The topological polar surface area (TPSA) is 174 Å². The van der Waals surface area contributed by atoms with Gasteiger partial charge in [-0.1, -0.05) is 0 Å². The minimum atomic E-state index is -1.13. The Morgan fingerprint density at radius 3 is 1.86 bits per heavy atom. The predicted molar refractivity (Wildman–Crippen MR) is 81.7 cm³/mol. The fraction of sp³-hybridized carbons (Fsp3) is 0.769. The van der Waals surface area contributed by atoms with Crippen LogP contribution >= 0.6 is 0 Å². The molecule has 0 saturated carbocycles. The van der Waals surface area contributed by atoms with Crippen molar-refractivity contribution in [2.75, 3.05) is 19.6 Å². The van der Waals surface area contributed by atoms with E-state index in [0.29, 0.717) is 32.4 Å². The van der Waals surface area contributed by atoms with Crippen LogP contribution in [0.25, 0.3) is 0 Å². The van der Waals surface area contributed by atoms with Crippen molar-refractivity contribution in [1.29, 1.82) is 0 Å². The number of nitrogens with one attached hydrogen (secondary N) is 2. The summed E-state index contributed by atoms with van der Waals surface area (Å²) in [6, 6.07) is -1.84. The van der Waals surface area contributed by atoms with Gasteiger partial charge in [-0.25, -0.2) is 4.79 Å². The number of carboxylic acid groups (broad SMARTS) is 1. The molecule has 9 N–H and O–H groups in total. The number of amides is 2. The Bertz CT molecular complexity index is 364. The number of hydrogen-bond acceptors (Lipinski definition) is 6. The van der Waals surface area contributed by atoms with Crippen molar-refractivity contribution in [3.63, 3.8) is 0 Å². The third kappa shape index (κ3) is 8.55. The molecule has 0 spiro atoms. The van der Waals surface area contributed by atoms with Crippen LogP contribution in [0.3, 0.4) is 0 Å². The maximum Gasteiger partial charge on any atom is 0.326 e. The lowest BCUT2D eigenvalue weighted by atomic mass is 10.1. The summed E-state index contributed by atoms with van der Waals surface area (Å²) in [7, 11) is 0. The number of hydrogen-bond donors (Lipinski definition) is 6. The summed E-state index contributed by atoms with van der Waals surface area (Å²) in [5, 5.41) is 14.1. The quantitative estimate of drug-likeness (QED) is 0.238. The summed E-state index contributed by atoms with van der Waals surface area (Å²) < 4.78 is 0. The third-order valence-electron chi connectivity index (χ3n) is 3.03. The Kier molecular flexibility index (Phi) is 11.0. The van der Waals surface area contributed by atoms with Gasteiger partial charge in [0.25, 0.3) is 0 Å². The number of nitrogens with two attached hydrogens (primary N) is 3. The maximum atomic E-state index is 12.2. The molecule has 128 valence electrons. The first-order chi connectivity index (χ1) is 10.5. The van der Waals surface area contributed by atoms with Crippen molar-refractivity contribution in [2.24, 2.45) is 17.2 Å². The van der Waals surface area contributed by atoms with Crippen LogP contribution < -0.4 is 27.8 Å². The first-order valence-corrected chi connectivity index (χ1v) is 7.39. The van der Waals surface area contributed by atoms with Crippen LogP contribution in [0, 0.1) is 0 Å². The van der Waals surface area contributed by atoms with Gasteiger partial charge in [0.05, 0.1) is 0 Å². The average molecular weight is 317 g/mol. The molecule has 0 aromatic rings. The van der Waals surface area contributed by atoms with Crippen molar-refractivity contribution < 1.29 is 19.5 Å². The van der Waals surface area contributed by atoms with E-state index in [0.717, 1.165) is 0 Å². The molecule has 0 aromatic carbocycles. The van der Waals surface area contributed by atoms with E-state index in [-0.39, 0.29) is 25.3 Å². The van der Waals surface area contributed by atoms with Crippen LogP contribution in [0.5, 0.6) is 0 Å². The van der Waals surface area contributed by atoms with Gasteiger partial charge in [0.1, 0.15) is 12.1 Å². The van der Waals surface area contributed by atoms with E-state index in [9.17, 15) is 14.4 Å². The highest BCUT2D eigenvalue weighted by Gasteiger charge is 2.25. The van der Waals surface area contributed by atoms with Gasteiger partial charge in [-0.15, -0.1) is 0 Å². The predicted octanol–water partition coefficient (Wildman–Crippen LogP) is -2.13. The third-order valence-corrected chi connectivity index (χ3v) is 3.03. The molecule has 0 aromatic heterocycles. The lowest BCUT2D eigenvalue weighted by Crippen LogP contribution is -2.52. The summed E-state index contributed by atoms with van der Waals surface area (Å²) in [5.41, 5.74) is 16.0. The molecule has 2 atom stereocenters. The van der Waals surface area contributed by atoms with Gasteiger partial charge in [-0.3, -0.25) is 9.59 Å². The van der Waals surface area contributed by atoms with Gasteiger partial charge in [-0.05, 0) is 38.8 Å². The molecule has 22 heavy (non-hydrogen) atoms. The lowest BCUT2D eigenvalue weighted by molar-refractivity contribution is -0.142. The van der Waals surface area contributed by atoms with E-state index in [4.69, 9.17) is 22.3 Å². The first kappa shape index (κ1) is 20.3. The molecule has 0 aliphatic carbocycles. The van der Waals surface area contributed by atoms with E-state index in [1.165, 1.54) is 0 Å². The Balaban J connectivity index is 4.69. The normalized spacial score (nSPS) is 13.2. The Morgan fingerprint density at radius 1 is 0.864 bits per heavy atom. The van der Waals surface area contributed by atoms with Crippen molar-refractivity contribution >= 4 is 17.8 Å². The number of rotatable bonds is 12. The van der Waals surface area contributed by atoms with E-state index in [1.54, 1.807) is 0 Å². The molecule has 0 saturated heterocycles. The summed E-state index contributed by atoms with van der Waals surface area (Å²) in [5.74, 6) is -2.02. The molecule has 0 heterocycles. The number of carboxylic acids is 1. The smallest absolute Gasteiger partial charge is 0.326 e. The Hall–Kier alpha value is -1.71. The van der Waals surface area contributed by atoms with Crippen LogP contribution in [0.1, 0.15) is 32.1 Å². The van der Waals surface area contributed by atoms with Gasteiger partial charge in [0.15, 0.2) is 0 Å². The van der Waals surface area contributed by atoms with Crippen molar-refractivity contribution in [1.82, 2.24) is 10.6 Å². The Labute approximate surface area is 130 Å². The second-order valence-corrected chi connectivity index (χ2v) is 4.92. The molecule has 0 aliphatic heterocycles. The van der Waals surface area contributed by atoms with Gasteiger partial charge in [-0.2, -0.15) is 0 Å². The molecular formula is C13H27N5O4. The van der Waals surface area contributed by atoms with E-state index in [2.05, 4.69) is 10.6 Å². The molecule has 2 amide bonds. The second-order valence-electron chi connectivity index (χ2n) is 4.92. The minimum Gasteiger partial charge on any atom is -0.480 e. The van der Waals surface area contributed by atoms with Gasteiger partial charge < -0.3 is 32.9 Å². The zero-order chi connectivity index (χ0) is 17.0. The SMILES string of the molecule is NCCCC(NC(=O)C(CCCN)NC(=O)CCN)C(=O)O. The second kappa shape index (κ2) is 11.9. The number of aliphatic carboxylic acids is 1. The molecule has 0 rings (SSSR count). The fourth-order valence-corrected chi connectivity index (χ4v) is 1.84. The van der Waals surface area contributed by atoms with Crippen LogP contribution in [-0.4, -0.2) is 54.6 Å². The van der Waals surface area contributed by atoms with E-state index >= 15 is 0 Å². The van der Waals surface area contributed by atoms with Crippen molar-refractivity contribution in [2.45, 2.75) is 44.2 Å². The monoisotopic (exact) mass is 317 g/mol. The fourth-order valence-electron chi connectivity index (χ4n) is 1.84. The summed E-state index contributed by atoms with van der Waals surface area (Å²) in [6.45, 7) is 0.876. The number of carbonyl (C=O) groups is 3. The molecule has 2 unspecified atom stereocenters. The molecule has 9 nitrogen and oxygen atoms in total. The maximum absolute atomic E-state index is 12.2. The number of carbonyl (C=O) groups excluding carboxylic acids is 2. The average Bonchev–Trinajstić information content (AvgIpc) is 2.47. The van der Waals surface area contributed by atoms with Crippen molar-refractivity contribution in [3.8, 4) is 0 Å². The first-order valence-electron chi connectivity index (χ1n) is 7.39. The molecule has 0 aliphatic rings. The zero-order valence-electron chi connectivity index (χ0n) is 12.7. The highest BCUT2D eigenvalue weighted by molar-refractivity contribution is 5.90. The zero-order valence-corrected chi connectivity index (χ0v) is 12.7. The van der Waals surface area contributed by atoms with Gasteiger partial charge in [0, 0.05) is 13.0 Å². The summed E-state index contributed by atoms with van der Waals surface area (Å²) in [6.07, 6.45) is 1.67. The standard InChI is InChI=1S/C13H27N5O4/c14-6-1-3-9(17-11(19)5-8-16)12(20)18-10(13(21)22)4-2-7-15/h9-10H,1-8,14-16H2,(H,17,19)(H,18,20)(H,21,22). The van der Waals surface area contributed by atoms with Gasteiger partial charge in [0.2, 0.25) is 11.8 Å². The lowest BCUT2D eigenvalue weighted by Gasteiger charge is -2.21. The summed E-state index contributed by atoms with van der Waals surface area (Å²) in [4.78, 5) is 34.9. The van der Waals surface area contributed by atoms with Gasteiger partial charge >= 0.3 is 5.97 Å². The molecule has 9 heteroatoms. The van der Waals surface area contributed by atoms with E-state index < -0.39 is 24.0 Å². The van der Waals surface area contributed by atoms with Crippen molar-refractivity contribution in [3.05, 3.63) is 0 Å². The molecule has 0 bridgehead atoms. The summed E-state index contributed by atoms with van der Waals surface area (Å²) >= 11 is 0. The van der Waals surface area contributed by atoms with E-state index in [1.807, 2.05) is 0 Å². The largest absolute Gasteiger partial charge is 0.480 e. The minimum absolute atomic E-state index is 0.0991. The molecule has 0 radical (unpaired) electrons. The molecular weight excluding hydrogens is 290 g/mol. The Morgan fingerprint density at radius 2 is 1.41 bits per heavy atom. The molecule has 0 fully saturated rings.